The number of H-pyrrole nitrogens is 1. The zero-order valence-electron chi connectivity index (χ0n) is 13.0. The van der Waals surface area contributed by atoms with E-state index < -0.39 is 0 Å². The van der Waals surface area contributed by atoms with Crippen molar-refractivity contribution in [3.8, 4) is 17.6 Å². The summed E-state index contributed by atoms with van der Waals surface area (Å²) in [6.45, 7) is 2.33. The molecule has 0 bridgehead atoms. The van der Waals surface area contributed by atoms with Gasteiger partial charge in [-0.15, -0.1) is 0 Å². The van der Waals surface area contributed by atoms with Crippen LogP contribution < -0.4 is 14.8 Å². The molecule has 3 rings (SSSR count). The molecule has 0 unspecified atom stereocenters. The average Bonchev–Trinajstić information content (AvgIpc) is 3.16. The monoisotopic (exact) mass is 311 g/mol. The Morgan fingerprint density at radius 2 is 2.35 bits per heavy atom. The number of aromatic nitrogens is 1. The first kappa shape index (κ1) is 15.0. The predicted molar refractivity (Wildman–Crippen MR) is 83.5 cm³/mol. The lowest BCUT2D eigenvalue weighted by molar-refractivity contribution is 0.0946. The number of hydrogen-bond acceptors (Lipinski definition) is 4. The third-order valence-corrected chi connectivity index (χ3v) is 3.80. The molecule has 6 nitrogen and oxygen atoms in total. The summed E-state index contributed by atoms with van der Waals surface area (Å²) in [6, 6.07) is 7.36. The minimum Gasteiger partial charge on any atom is -0.496 e. The molecule has 2 aromatic rings. The minimum atomic E-state index is -0.275. The molecule has 0 saturated heterocycles. The van der Waals surface area contributed by atoms with E-state index in [0.29, 0.717) is 17.8 Å². The van der Waals surface area contributed by atoms with Gasteiger partial charge in [0.1, 0.15) is 29.4 Å². The van der Waals surface area contributed by atoms with Crippen molar-refractivity contribution in [2.24, 2.45) is 0 Å². The fourth-order valence-corrected chi connectivity index (χ4v) is 2.67. The lowest BCUT2D eigenvalue weighted by Crippen LogP contribution is -2.23. The first-order valence-electron chi connectivity index (χ1n) is 7.34. The molecule has 118 valence electrons. The van der Waals surface area contributed by atoms with Crippen LogP contribution in [0.25, 0.3) is 0 Å². The van der Waals surface area contributed by atoms with E-state index in [1.807, 2.05) is 25.1 Å². The summed E-state index contributed by atoms with van der Waals surface area (Å²) in [5.74, 6) is 1.29. The van der Waals surface area contributed by atoms with Crippen LogP contribution in [0.3, 0.4) is 0 Å². The van der Waals surface area contributed by atoms with Gasteiger partial charge < -0.3 is 19.8 Å². The molecule has 23 heavy (non-hydrogen) atoms. The van der Waals surface area contributed by atoms with Crippen LogP contribution in [-0.2, 0) is 13.0 Å². The number of aromatic amines is 1. The van der Waals surface area contributed by atoms with Crippen LogP contribution >= 0.6 is 0 Å². The van der Waals surface area contributed by atoms with Gasteiger partial charge in [-0.2, -0.15) is 5.26 Å². The molecular weight excluding hydrogens is 294 g/mol. The SMILES string of the molecule is COc1cc2c(cc1CNC(=O)c1cc(C#N)c[nH]1)O[C@@H](C)C2. The molecule has 1 aromatic heterocycles. The number of ether oxygens (including phenoxy) is 2. The zero-order chi connectivity index (χ0) is 16.4. The van der Waals surface area contributed by atoms with E-state index in [4.69, 9.17) is 14.7 Å². The van der Waals surface area contributed by atoms with Crippen LogP contribution in [0.5, 0.6) is 11.5 Å². The quantitative estimate of drug-likeness (QED) is 0.905. The smallest absolute Gasteiger partial charge is 0.268 e. The lowest BCUT2D eigenvalue weighted by atomic mass is 10.1. The summed E-state index contributed by atoms with van der Waals surface area (Å²) >= 11 is 0. The van der Waals surface area contributed by atoms with Gasteiger partial charge in [0.2, 0.25) is 0 Å². The Bertz CT molecular complexity index is 789. The van der Waals surface area contributed by atoms with Crippen molar-refractivity contribution >= 4 is 5.91 Å². The van der Waals surface area contributed by atoms with Gasteiger partial charge in [-0.05, 0) is 25.1 Å². The number of nitrogens with zero attached hydrogens (tertiary/aromatic N) is 1. The highest BCUT2D eigenvalue weighted by atomic mass is 16.5. The van der Waals surface area contributed by atoms with Crippen molar-refractivity contribution in [2.45, 2.75) is 26.0 Å². The molecule has 2 heterocycles. The standard InChI is InChI=1S/C17H17N3O3/c1-10-3-12-5-15(22-2)13(6-16(12)23-10)9-20-17(21)14-4-11(7-18)8-19-14/h4-6,8,10,19H,3,9H2,1-2H3,(H,20,21)/t10-/m0/s1. The van der Waals surface area contributed by atoms with E-state index >= 15 is 0 Å². The topological polar surface area (TPSA) is 87.1 Å². The third kappa shape index (κ3) is 2.99. The molecule has 0 fully saturated rings. The number of benzene rings is 1. The fourth-order valence-electron chi connectivity index (χ4n) is 2.67. The van der Waals surface area contributed by atoms with Gasteiger partial charge in [0.05, 0.1) is 12.7 Å². The number of carbonyl (C=O) groups excluding carboxylic acids is 1. The maximum Gasteiger partial charge on any atom is 0.268 e. The van der Waals surface area contributed by atoms with Gasteiger partial charge in [-0.1, -0.05) is 0 Å². The number of amides is 1. The Balaban J connectivity index is 1.74. The van der Waals surface area contributed by atoms with Crippen molar-refractivity contribution in [1.29, 1.82) is 5.26 Å². The predicted octanol–water partition coefficient (Wildman–Crippen LogP) is 2.15. The highest BCUT2D eigenvalue weighted by molar-refractivity contribution is 5.92. The second-order valence-electron chi connectivity index (χ2n) is 5.50. The highest BCUT2D eigenvalue weighted by Crippen LogP contribution is 2.34. The number of rotatable bonds is 4. The molecule has 0 saturated carbocycles. The van der Waals surface area contributed by atoms with Gasteiger partial charge in [-0.25, -0.2) is 0 Å². The third-order valence-electron chi connectivity index (χ3n) is 3.80. The Hall–Kier alpha value is -2.94. The van der Waals surface area contributed by atoms with Gasteiger partial charge in [0.15, 0.2) is 0 Å². The first-order chi connectivity index (χ1) is 11.1. The van der Waals surface area contributed by atoms with E-state index in [9.17, 15) is 4.79 Å². The van der Waals surface area contributed by atoms with Gasteiger partial charge >= 0.3 is 0 Å². The van der Waals surface area contributed by atoms with Gasteiger partial charge in [0.25, 0.3) is 5.91 Å². The van der Waals surface area contributed by atoms with Crippen molar-refractivity contribution in [1.82, 2.24) is 10.3 Å². The number of methoxy groups -OCH3 is 1. The van der Waals surface area contributed by atoms with Crippen LogP contribution in [-0.4, -0.2) is 24.1 Å². The average molecular weight is 311 g/mol. The Morgan fingerprint density at radius 3 is 3.04 bits per heavy atom. The van der Waals surface area contributed by atoms with Crippen LogP contribution in [0.4, 0.5) is 0 Å². The second kappa shape index (κ2) is 6.05. The summed E-state index contributed by atoms with van der Waals surface area (Å²) in [5, 5.41) is 11.6. The number of fused-ring (bicyclic) bond motifs is 1. The van der Waals surface area contributed by atoms with Crippen molar-refractivity contribution in [2.75, 3.05) is 7.11 Å². The molecule has 1 amide bonds. The molecule has 1 aromatic carbocycles. The van der Waals surface area contributed by atoms with E-state index in [-0.39, 0.29) is 12.0 Å². The summed E-state index contributed by atoms with van der Waals surface area (Å²) < 4.78 is 11.2. The summed E-state index contributed by atoms with van der Waals surface area (Å²) in [7, 11) is 1.61. The number of nitriles is 1. The van der Waals surface area contributed by atoms with Crippen molar-refractivity contribution in [3.63, 3.8) is 0 Å². The normalized spacial score (nSPS) is 15.4. The molecule has 1 atom stereocenters. The Kier molecular flexibility index (Phi) is 3.94. The summed E-state index contributed by atoms with van der Waals surface area (Å²) in [4.78, 5) is 14.9. The van der Waals surface area contributed by atoms with Crippen LogP contribution in [0, 0.1) is 11.3 Å². The first-order valence-corrected chi connectivity index (χ1v) is 7.34. The largest absolute Gasteiger partial charge is 0.496 e. The summed E-state index contributed by atoms with van der Waals surface area (Å²) in [6.07, 6.45) is 2.51. The van der Waals surface area contributed by atoms with Crippen LogP contribution in [0.15, 0.2) is 24.4 Å². The Labute approximate surface area is 134 Å². The molecule has 1 aliphatic rings. The summed E-state index contributed by atoms with van der Waals surface area (Å²) in [5.41, 5.74) is 2.74. The Morgan fingerprint density at radius 1 is 1.52 bits per heavy atom. The number of nitrogens with one attached hydrogen (secondary N) is 2. The number of hydrogen-bond donors (Lipinski definition) is 2. The molecule has 0 spiro atoms. The van der Waals surface area contributed by atoms with Crippen molar-refractivity contribution < 1.29 is 14.3 Å². The van der Waals surface area contributed by atoms with E-state index in [1.54, 1.807) is 7.11 Å². The molecule has 0 aliphatic carbocycles. The van der Waals surface area contributed by atoms with Gasteiger partial charge in [-0.3, -0.25) is 4.79 Å². The van der Waals surface area contributed by atoms with Gasteiger partial charge in [0, 0.05) is 30.3 Å². The van der Waals surface area contributed by atoms with E-state index in [0.717, 1.165) is 29.0 Å². The molecular formula is C17H17N3O3. The lowest BCUT2D eigenvalue weighted by Gasteiger charge is -2.11. The van der Waals surface area contributed by atoms with Crippen LogP contribution in [0.2, 0.25) is 0 Å². The molecule has 6 heteroatoms. The van der Waals surface area contributed by atoms with Crippen LogP contribution in [0.1, 0.15) is 34.1 Å². The molecule has 0 radical (unpaired) electrons. The van der Waals surface area contributed by atoms with E-state index in [1.165, 1.54) is 12.3 Å². The molecule has 1 aliphatic heterocycles. The maximum absolute atomic E-state index is 12.1. The second-order valence-corrected chi connectivity index (χ2v) is 5.50. The minimum absolute atomic E-state index is 0.155. The highest BCUT2D eigenvalue weighted by Gasteiger charge is 2.22. The molecule has 2 N–H and O–H groups in total. The van der Waals surface area contributed by atoms with Crippen molar-refractivity contribution in [3.05, 3.63) is 46.8 Å². The number of carbonyl (C=O) groups is 1. The maximum atomic E-state index is 12.1. The fraction of sp³-hybridized carbons (Fsp3) is 0.294. The zero-order valence-corrected chi connectivity index (χ0v) is 13.0. The van der Waals surface area contributed by atoms with E-state index in [2.05, 4.69) is 10.3 Å².